The first-order valence-electron chi connectivity index (χ1n) is 8.84. The van der Waals surface area contributed by atoms with E-state index in [9.17, 15) is 4.79 Å². The largest absolute Gasteiger partial charge is 0.441 e. The molecule has 0 aliphatic rings. The Hall–Kier alpha value is -1.84. The Bertz CT molecular complexity index is 573. The van der Waals surface area contributed by atoms with Gasteiger partial charge in [-0.25, -0.2) is 4.98 Å². The molecule has 23 heavy (non-hydrogen) atoms. The molecule has 0 saturated carbocycles. The second kappa shape index (κ2) is 9.33. The molecule has 0 saturated heterocycles. The zero-order valence-electron chi connectivity index (χ0n) is 14.3. The number of hydrogen-bond acceptors (Lipinski definition) is 3. The predicted octanol–water partition coefficient (Wildman–Crippen LogP) is 4.48. The molecule has 4 heteroatoms. The number of nitrogens with zero attached hydrogens (tertiary/aromatic N) is 1. The molecular weight excluding hydrogens is 288 g/mol. The number of hydrogen-bond donors (Lipinski definition) is 1. The van der Waals surface area contributed by atoms with Crippen LogP contribution >= 0.6 is 0 Å². The lowest BCUT2D eigenvalue weighted by molar-refractivity contribution is -0.121. The summed E-state index contributed by atoms with van der Waals surface area (Å²) in [6.07, 6.45) is 6.79. The molecule has 1 aromatic heterocycles. The van der Waals surface area contributed by atoms with Gasteiger partial charge in [0.25, 0.3) is 0 Å². The maximum absolute atomic E-state index is 11.9. The summed E-state index contributed by atoms with van der Waals surface area (Å²) in [5, 5.41) is 3.07. The van der Waals surface area contributed by atoms with E-state index < -0.39 is 0 Å². The van der Waals surface area contributed by atoms with E-state index in [4.69, 9.17) is 4.42 Å². The van der Waals surface area contributed by atoms with E-state index in [1.165, 1.54) is 19.3 Å². The van der Waals surface area contributed by atoms with Crippen LogP contribution in [-0.2, 0) is 11.2 Å². The van der Waals surface area contributed by atoms with E-state index in [1.807, 2.05) is 24.3 Å². The van der Waals surface area contributed by atoms with Gasteiger partial charge in [0.15, 0.2) is 11.5 Å². The molecule has 0 radical (unpaired) electrons. The number of unbranched alkanes of at least 4 members (excludes halogenated alkanes) is 1. The number of oxazole rings is 1. The topological polar surface area (TPSA) is 55.1 Å². The zero-order valence-corrected chi connectivity index (χ0v) is 14.3. The van der Waals surface area contributed by atoms with Crippen LogP contribution in [0.3, 0.4) is 0 Å². The standard InChI is InChI=1S/C19H28N2O2/c1-3-5-9-15(4-2)14-20-18(22)12-8-13-19-21-16-10-6-7-11-17(16)23-19/h6-7,10-11,15H,3-5,8-9,12-14H2,1-2H3,(H,20,22)/t15-/m1/s1. The fourth-order valence-electron chi connectivity index (χ4n) is 2.72. The number of amides is 1. The Kier molecular flexibility index (Phi) is 7.11. The minimum atomic E-state index is 0.135. The van der Waals surface area contributed by atoms with Gasteiger partial charge in [0, 0.05) is 19.4 Å². The van der Waals surface area contributed by atoms with Gasteiger partial charge < -0.3 is 9.73 Å². The van der Waals surface area contributed by atoms with E-state index >= 15 is 0 Å². The second-order valence-corrected chi connectivity index (χ2v) is 6.15. The highest BCUT2D eigenvalue weighted by atomic mass is 16.3. The lowest BCUT2D eigenvalue weighted by atomic mass is 9.99. The zero-order chi connectivity index (χ0) is 16.5. The normalized spacial score (nSPS) is 12.4. The molecule has 0 fully saturated rings. The van der Waals surface area contributed by atoms with Crippen molar-refractivity contribution < 1.29 is 9.21 Å². The lowest BCUT2D eigenvalue weighted by Gasteiger charge is -2.15. The van der Waals surface area contributed by atoms with Crippen molar-refractivity contribution in [2.24, 2.45) is 5.92 Å². The average Bonchev–Trinajstić information content (AvgIpc) is 2.97. The van der Waals surface area contributed by atoms with Crippen molar-refractivity contribution in [3.63, 3.8) is 0 Å². The van der Waals surface area contributed by atoms with Crippen molar-refractivity contribution in [1.82, 2.24) is 10.3 Å². The molecule has 1 atom stereocenters. The van der Waals surface area contributed by atoms with Gasteiger partial charge in [-0.3, -0.25) is 4.79 Å². The molecule has 0 bridgehead atoms. The molecule has 1 amide bonds. The van der Waals surface area contributed by atoms with E-state index in [2.05, 4.69) is 24.1 Å². The van der Waals surface area contributed by atoms with Crippen molar-refractivity contribution >= 4 is 17.0 Å². The number of nitrogens with one attached hydrogen (secondary N) is 1. The SMILES string of the molecule is CCCC[C@@H](CC)CNC(=O)CCCc1nc2ccccc2o1. The Morgan fingerprint density at radius 3 is 2.83 bits per heavy atom. The Balaban J connectivity index is 1.68. The number of carbonyl (C=O) groups excluding carboxylic acids is 1. The van der Waals surface area contributed by atoms with Gasteiger partial charge in [0.05, 0.1) is 0 Å². The Morgan fingerprint density at radius 2 is 2.09 bits per heavy atom. The third-order valence-electron chi connectivity index (χ3n) is 4.26. The van der Waals surface area contributed by atoms with E-state index in [-0.39, 0.29) is 5.91 Å². The van der Waals surface area contributed by atoms with Crippen LogP contribution < -0.4 is 5.32 Å². The number of fused-ring (bicyclic) bond motifs is 1. The molecule has 4 nitrogen and oxygen atoms in total. The summed E-state index contributed by atoms with van der Waals surface area (Å²) in [6, 6.07) is 7.74. The van der Waals surface area contributed by atoms with Crippen molar-refractivity contribution in [2.45, 2.75) is 58.8 Å². The van der Waals surface area contributed by atoms with Crippen LogP contribution in [0.15, 0.2) is 28.7 Å². The Morgan fingerprint density at radius 1 is 1.26 bits per heavy atom. The van der Waals surface area contributed by atoms with Crippen LogP contribution in [0.1, 0.15) is 58.3 Å². The van der Waals surface area contributed by atoms with Gasteiger partial charge in [-0.2, -0.15) is 0 Å². The molecule has 1 heterocycles. The number of carbonyl (C=O) groups is 1. The molecule has 0 aliphatic carbocycles. The number of benzene rings is 1. The van der Waals surface area contributed by atoms with Crippen molar-refractivity contribution in [3.05, 3.63) is 30.2 Å². The van der Waals surface area contributed by atoms with Gasteiger partial charge in [-0.15, -0.1) is 0 Å². The van der Waals surface area contributed by atoms with Gasteiger partial charge >= 0.3 is 0 Å². The fourth-order valence-corrected chi connectivity index (χ4v) is 2.72. The summed E-state index contributed by atoms with van der Waals surface area (Å²) >= 11 is 0. The van der Waals surface area contributed by atoms with Crippen LogP contribution in [0, 0.1) is 5.92 Å². The van der Waals surface area contributed by atoms with Gasteiger partial charge in [0.2, 0.25) is 5.91 Å². The second-order valence-electron chi connectivity index (χ2n) is 6.15. The first-order valence-corrected chi connectivity index (χ1v) is 8.84. The fraction of sp³-hybridized carbons (Fsp3) is 0.579. The maximum Gasteiger partial charge on any atom is 0.220 e. The predicted molar refractivity (Wildman–Crippen MR) is 93.3 cm³/mol. The molecular formula is C19H28N2O2. The maximum atomic E-state index is 11.9. The third-order valence-corrected chi connectivity index (χ3v) is 4.26. The van der Waals surface area contributed by atoms with Crippen LogP contribution in [0.25, 0.3) is 11.1 Å². The highest BCUT2D eigenvalue weighted by molar-refractivity contribution is 5.75. The van der Waals surface area contributed by atoms with E-state index in [0.29, 0.717) is 24.7 Å². The molecule has 1 N–H and O–H groups in total. The molecule has 0 spiro atoms. The van der Waals surface area contributed by atoms with Crippen LogP contribution in [0.4, 0.5) is 0 Å². The molecule has 0 unspecified atom stereocenters. The van der Waals surface area contributed by atoms with Crippen molar-refractivity contribution in [3.8, 4) is 0 Å². The molecule has 126 valence electrons. The summed E-state index contributed by atoms with van der Waals surface area (Å²) in [6.45, 7) is 5.20. The summed E-state index contributed by atoms with van der Waals surface area (Å²) < 4.78 is 5.67. The molecule has 0 aliphatic heterocycles. The highest BCUT2D eigenvalue weighted by Crippen LogP contribution is 2.16. The van der Waals surface area contributed by atoms with E-state index in [0.717, 1.165) is 30.5 Å². The molecule has 2 rings (SSSR count). The minimum absolute atomic E-state index is 0.135. The summed E-state index contributed by atoms with van der Waals surface area (Å²) in [5.41, 5.74) is 1.70. The molecule has 2 aromatic rings. The number of para-hydroxylation sites is 2. The summed E-state index contributed by atoms with van der Waals surface area (Å²) in [5.74, 6) is 1.46. The highest BCUT2D eigenvalue weighted by Gasteiger charge is 2.09. The minimum Gasteiger partial charge on any atom is -0.441 e. The monoisotopic (exact) mass is 316 g/mol. The van der Waals surface area contributed by atoms with Gasteiger partial charge in [0.1, 0.15) is 5.52 Å². The third kappa shape index (κ3) is 5.70. The van der Waals surface area contributed by atoms with Gasteiger partial charge in [-0.1, -0.05) is 45.2 Å². The number of aryl methyl sites for hydroxylation is 1. The van der Waals surface area contributed by atoms with Gasteiger partial charge in [-0.05, 0) is 30.9 Å². The van der Waals surface area contributed by atoms with Crippen LogP contribution in [-0.4, -0.2) is 17.4 Å². The van der Waals surface area contributed by atoms with Crippen LogP contribution in [0.5, 0.6) is 0 Å². The molecule has 1 aromatic carbocycles. The van der Waals surface area contributed by atoms with Crippen LogP contribution in [0.2, 0.25) is 0 Å². The number of aromatic nitrogens is 1. The summed E-state index contributed by atoms with van der Waals surface area (Å²) in [4.78, 5) is 16.4. The number of rotatable bonds is 10. The van der Waals surface area contributed by atoms with Crippen molar-refractivity contribution in [2.75, 3.05) is 6.54 Å². The average molecular weight is 316 g/mol. The quantitative estimate of drug-likeness (QED) is 0.703. The van der Waals surface area contributed by atoms with Crippen molar-refractivity contribution in [1.29, 1.82) is 0 Å². The summed E-state index contributed by atoms with van der Waals surface area (Å²) in [7, 11) is 0. The van der Waals surface area contributed by atoms with E-state index in [1.54, 1.807) is 0 Å². The Labute approximate surface area is 138 Å². The smallest absolute Gasteiger partial charge is 0.220 e. The lowest BCUT2D eigenvalue weighted by Crippen LogP contribution is -2.29. The first kappa shape index (κ1) is 17.5. The first-order chi connectivity index (χ1) is 11.2.